The minimum Gasteiger partial charge on any atom is -0.507 e. The standard InChI is InChI=1S/C25H28ClN5O3/c1-3-29(4-2)25(34)31-13-11-30(12-14-31)24(33)20-16-18(6-8-23(20)32)28-21-9-10-27-22-15-17(26)5-7-19(21)22/h5-10,15-16,32H,3-4,11-14H2,1-2H3,(H,27,28). The molecule has 178 valence electrons. The first-order chi connectivity index (χ1) is 16.4. The van der Waals surface area contributed by atoms with Crippen molar-refractivity contribution in [1.29, 1.82) is 0 Å². The van der Waals surface area contributed by atoms with Crippen LogP contribution in [0.3, 0.4) is 0 Å². The lowest BCUT2D eigenvalue weighted by Gasteiger charge is -2.37. The normalized spacial score (nSPS) is 13.7. The molecule has 34 heavy (non-hydrogen) atoms. The van der Waals surface area contributed by atoms with Crippen molar-refractivity contribution in [3.05, 3.63) is 59.2 Å². The molecule has 0 spiro atoms. The Hall–Kier alpha value is -3.52. The smallest absolute Gasteiger partial charge is 0.320 e. The molecule has 1 aliphatic heterocycles. The fourth-order valence-electron chi connectivity index (χ4n) is 4.14. The molecule has 9 heteroatoms. The van der Waals surface area contributed by atoms with E-state index in [1.165, 1.54) is 6.07 Å². The average Bonchev–Trinajstić information content (AvgIpc) is 2.85. The summed E-state index contributed by atoms with van der Waals surface area (Å²) in [5, 5.41) is 15.2. The summed E-state index contributed by atoms with van der Waals surface area (Å²) in [5.74, 6) is -0.342. The predicted octanol–water partition coefficient (Wildman–Crippen LogP) is 4.56. The number of carbonyl (C=O) groups excluding carboxylic acids is 2. The summed E-state index contributed by atoms with van der Waals surface area (Å²) >= 11 is 6.08. The van der Waals surface area contributed by atoms with E-state index in [4.69, 9.17) is 11.6 Å². The number of aromatic hydroxyl groups is 1. The van der Waals surface area contributed by atoms with Crippen LogP contribution in [0.25, 0.3) is 10.9 Å². The number of hydrogen-bond acceptors (Lipinski definition) is 5. The minimum absolute atomic E-state index is 0.00277. The molecule has 3 aromatic rings. The monoisotopic (exact) mass is 481 g/mol. The number of anilines is 2. The summed E-state index contributed by atoms with van der Waals surface area (Å²) in [6, 6.07) is 12.2. The summed E-state index contributed by atoms with van der Waals surface area (Å²) < 4.78 is 0. The molecule has 0 atom stereocenters. The Labute approximate surface area is 203 Å². The number of urea groups is 1. The second kappa shape index (κ2) is 10.2. The predicted molar refractivity (Wildman–Crippen MR) is 134 cm³/mol. The van der Waals surface area contributed by atoms with E-state index in [1.54, 1.807) is 45.2 Å². The summed E-state index contributed by atoms with van der Waals surface area (Å²) in [6.45, 7) is 6.97. The topological polar surface area (TPSA) is 89.0 Å². The molecule has 1 saturated heterocycles. The summed E-state index contributed by atoms with van der Waals surface area (Å²) in [4.78, 5) is 35.3. The maximum atomic E-state index is 13.2. The first-order valence-electron chi connectivity index (χ1n) is 11.4. The molecular weight excluding hydrogens is 454 g/mol. The minimum atomic E-state index is -0.262. The number of amides is 3. The van der Waals surface area contributed by atoms with E-state index in [9.17, 15) is 14.7 Å². The van der Waals surface area contributed by atoms with Crippen molar-refractivity contribution in [3.63, 3.8) is 0 Å². The van der Waals surface area contributed by atoms with E-state index in [1.807, 2.05) is 26.0 Å². The number of benzene rings is 2. The SMILES string of the molecule is CCN(CC)C(=O)N1CCN(C(=O)c2cc(Nc3ccnc4cc(Cl)ccc34)ccc2O)CC1. The summed E-state index contributed by atoms with van der Waals surface area (Å²) in [6.07, 6.45) is 1.69. The van der Waals surface area contributed by atoms with E-state index in [0.29, 0.717) is 50.0 Å². The number of rotatable bonds is 5. The van der Waals surface area contributed by atoms with Gasteiger partial charge in [0.15, 0.2) is 0 Å². The Morgan fingerprint density at radius 3 is 2.44 bits per heavy atom. The van der Waals surface area contributed by atoms with Gasteiger partial charge in [-0.3, -0.25) is 9.78 Å². The first-order valence-corrected chi connectivity index (χ1v) is 11.8. The van der Waals surface area contributed by atoms with Crippen LogP contribution in [0.15, 0.2) is 48.7 Å². The zero-order valence-electron chi connectivity index (χ0n) is 19.3. The van der Waals surface area contributed by atoms with Gasteiger partial charge in [-0.15, -0.1) is 0 Å². The van der Waals surface area contributed by atoms with Gasteiger partial charge in [-0.25, -0.2) is 4.79 Å². The van der Waals surface area contributed by atoms with Crippen LogP contribution in [0.5, 0.6) is 5.75 Å². The van der Waals surface area contributed by atoms with Gasteiger partial charge < -0.3 is 25.1 Å². The Kier molecular flexibility index (Phi) is 7.07. The van der Waals surface area contributed by atoms with Gasteiger partial charge in [0.05, 0.1) is 11.1 Å². The number of nitrogens with zero attached hydrogens (tertiary/aromatic N) is 4. The Morgan fingerprint density at radius 1 is 1.03 bits per heavy atom. The van der Waals surface area contributed by atoms with Crippen molar-refractivity contribution < 1.29 is 14.7 Å². The second-order valence-corrected chi connectivity index (χ2v) is 8.55. The van der Waals surface area contributed by atoms with Crippen molar-refractivity contribution in [1.82, 2.24) is 19.7 Å². The molecule has 0 unspecified atom stereocenters. The zero-order chi connectivity index (χ0) is 24.2. The number of pyridine rings is 1. The lowest BCUT2D eigenvalue weighted by molar-refractivity contribution is 0.0638. The third kappa shape index (κ3) is 4.87. The lowest BCUT2D eigenvalue weighted by atomic mass is 10.1. The molecule has 0 saturated carbocycles. The van der Waals surface area contributed by atoms with Crippen molar-refractivity contribution in [2.75, 3.05) is 44.6 Å². The maximum Gasteiger partial charge on any atom is 0.320 e. The van der Waals surface area contributed by atoms with Gasteiger partial charge in [0.1, 0.15) is 5.75 Å². The lowest BCUT2D eigenvalue weighted by Crippen LogP contribution is -2.54. The highest BCUT2D eigenvalue weighted by atomic mass is 35.5. The molecule has 2 heterocycles. The van der Waals surface area contributed by atoms with E-state index in [0.717, 1.165) is 16.6 Å². The van der Waals surface area contributed by atoms with Crippen molar-refractivity contribution in [2.45, 2.75) is 13.8 Å². The summed E-state index contributed by atoms with van der Waals surface area (Å²) in [5.41, 5.74) is 2.45. The van der Waals surface area contributed by atoms with Gasteiger partial charge >= 0.3 is 6.03 Å². The van der Waals surface area contributed by atoms with Gasteiger partial charge in [-0.05, 0) is 56.3 Å². The van der Waals surface area contributed by atoms with Crippen LogP contribution in [0.2, 0.25) is 5.02 Å². The van der Waals surface area contributed by atoms with Crippen LogP contribution in [0, 0.1) is 0 Å². The average molecular weight is 482 g/mol. The molecule has 0 radical (unpaired) electrons. The van der Waals surface area contributed by atoms with Crippen molar-refractivity contribution in [2.24, 2.45) is 0 Å². The van der Waals surface area contributed by atoms with E-state index >= 15 is 0 Å². The molecule has 2 aromatic carbocycles. The van der Waals surface area contributed by atoms with Crippen molar-refractivity contribution >= 4 is 45.8 Å². The maximum absolute atomic E-state index is 13.2. The van der Waals surface area contributed by atoms with Crippen LogP contribution in [-0.2, 0) is 0 Å². The number of carbonyl (C=O) groups is 2. The Balaban J connectivity index is 1.49. The first kappa shape index (κ1) is 23.6. The van der Waals surface area contributed by atoms with Crippen LogP contribution in [0.1, 0.15) is 24.2 Å². The highest BCUT2D eigenvalue weighted by Gasteiger charge is 2.28. The van der Waals surface area contributed by atoms with Gasteiger partial charge in [0, 0.05) is 67.2 Å². The van der Waals surface area contributed by atoms with E-state index < -0.39 is 0 Å². The van der Waals surface area contributed by atoms with Crippen molar-refractivity contribution in [3.8, 4) is 5.75 Å². The molecule has 1 aliphatic rings. The Bertz CT molecular complexity index is 1210. The van der Waals surface area contributed by atoms with Crippen LogP contribution >= 0.6 is 11.6 Å². The highest BCUT2D eigenvalue weighted by Crippen LogP contribution is 2.30. The molecule has 0 bridgehead atoms. The summed E-state index contributed by atoms with van der Waals surface area (Å²) in [7, 11) is 0. The number of fused-ring (bicyclic) bond motifs is 1. The number of phenolic OH excluding ortho intramolecular Hbond substituents is 1. The molecule has 0 aliphatic carbocycles. The van der Waals surface area contributed by atoms with Gasteiger partial charge in [0.2, 0.25) is 0 Å². The van der Waals surface area contributed by atoms with Gasteiger partial charge in [-0.2, -0.15) is 0 Å². The molecule has 1 aromatic heterocycles. The fourth-order valence-corrected chi connectivity index (χ4v) is 4.30. The zero-order valence-corrected chi connectivity index (χ0v) is 20.0. The van der Waals surface area contributed by atoms with Gasteiger partial charge in [0.25, 0.3) is 5.91 Å². The van der Waals surface area contributed by atoms with Crippen LogP contribution in [-0.4, -0.2) is 76.0 Å². The number of phenols is 1. The molecule has 8 nitrogen and oxygen atoms in total. The van der Waals surface area contributed by atoms with Gasteiger partial charge in [-0.1, -0.05) is 11.6 Å². The number of aromatic nitrogens is 1. The second-order valence-electron chi connectivity index (χ2n) is 8.11. The highest BCUT2D eigenvalue weighted by molar-refractivity contribution is 6.31. The number of nitrogens with one attached hydrogen (secondary N) is 1. The molecule has 1 fully saturated rings. The number of halogens is 1. The molecule has 3 amide bonds. The van der Waals surface area contributed by atoms with E-state index in [-0.39, 0.29) is 23.3 Å². The number of hydrogen-bond donors (Lipinski definition) is 2. The quantitative estimate of drug-likeness (QED) is 0.521. The molecule has 4 rings (SSSR count). The van der Waals surface area contributed by atoms with Crippen LogP contribution < -0.4 is 5.32 Å². The van der Waals surface area contributed by atoms with E-state index in [2.05, 4.69) is 10.3 Å². The Morgan fingerprint density at radius 2 is 1.74 bits per heavy atom. The van der Waals surface area contributed by atoms with Crippen LogP contribution in [0.4, 0.5) is 16.2 Å². The fraction of sp³-hybridized carbons (Fsp3) is 0.320. The molecule has 2 N–H and O–H groups in total. The largest absolute Gasteiger partial charge is 0.507 e. The third-order valence-corrected chi connectivity index (χ3v) is 6.32. The third-order valence-electron chi connectivity index (χ3n) is 6.08. The molecular formula is C25H28ClN5O3. The number of piperazine rings is 1.